The van der Waals surface area contributed by atoms with Crippen LogP contribution in [-0.4, -0.2) is 4.92 Å². The van der Waals surface area contributed by atoms with Crippen LogP contribution in [0.15, 0.2) is 36.4 Å². The van der Waals surface area contributed by atoms with E-state index in [1.54, 1.807) is 13.0 Å². The third-order valence-electron chi connectivity index (χ3n) is 2.93. The Labute approximate surface area is 108 Å². The number of non-ortho nitro benzene ring substituents is 1. The molecule has 0 fully saturated rings. The molecule has 5 heteroatoms. The highest BCUT2D eigenvalue weighted by Gasteiger charge is 2.11. The Morgan fingerprint density at radius 3 is 2.53 bits per heavy atom. The number of nitro groups is 1. The predicted molar refractivity (Wildman–Crippen MR) is 67.0 cm³/mol. The average molecular weight is 263 g/mol. The van der Waals surface area contributed by atoms with Gasteiger partial charge in [-0.25, -0.2) is 8.78 Å². The molecule has 0 spiro atoms. The number of benzene rings is 2. The van der Waals surface area contributed by atoms with Crippen molar-refractivity contribution in [3.8, 4) is 0 Å². The summed E-state index contributed by atoms with van der Waals surface area (Å²) in [6, 6.07) is 7.58. The first-order valence-electron chi connectivity index (χ1n) is 5.65. The molecule has 19 heavy (non-hydrogen) atoms. The summed E-state index contributed by atoms with van der Waals surface area (Å²) in [5.74, 6) is -1.05. The Morgan fingerprint density at radius 1 is 1.11 bits per heavy atom. The molecular formula is C14H11F2NO2. The fourth-order valence-corrected chi connectivity index (χ4v) is 1.85. The van der Waals surface area contributed by atoms with Gasteiger partial charge in [-0.15, -0.1) is 0 Å². The zero-order valence-corrected chi connectivity index (χ0v) is 10.2. The van der Waals surface area contributed by atoms with E-state index in [-0.39, 0.29) is 17.7 Å². The lowest BCUT2D eigenvalue weighted by Gasteiger charge is -2.07. The summed E-state index contributed by atoms with van der Waals surface area (Å²) < 4.78 is 26.6. The molecule has 0 unspecified atom stereocenters. The molecule has 3 nitrogen and oxygen atoms in total. The summed E-state index contributed by atoms with van der Waals surface area (Å²) in [7, 11) is 0. The zero-order valence-electron chi connectivity index (χ0n) is 10.2. The van der Waals surface area contributed by atoms with Crippen LogP contribution in [0.4, 0.5) is 14.5 Å². The number of hydrogen-bond donors (Lipinski definition) is 0. The molecule has 0 bridgehead atoms. The molecule has 0 aliphatic rings. The predicted octanol–water partition coefficient (Wildman–Crippen LogP) is 3.77. The van der Waals surface area contributed by atoms with Gasteiger partial charge in [-0.3, -0.25) is 10.1 Å². The molecule has 0 aromatic heterocycles. The normalized spacial score (nSPS) is 10.5. The van der Waals surface area contributed by atoms with Gasteiger partial charge in [0.15, 0.2) is 0 Å². The highest BCUT2D eigenvalue weighted by Crippen LogP contribution is 2.22. The van der Waals surface area contributed by atoms with Crippen LogP contribution in [-0.2, 0) is 6.42 Å². The number of nitrogens with zero attached hydrogens (tertiary/aromatic N) is 1. The maximum atomic E-state index is 13.5. The van der Waals surface area contributed by atoms with Crippen molar-refractivity contribution in [2.75, 3.05) is 0 Å². The van der Waals surface area contributed by atoms with Crippen LogP contribution in [0.2, 0.25) is 0 Å². The van der Waals surface area contributed by atoms with Crippen molar-refractivity contribution in [3.63, 3.8) is 0 Å². The quantitative estimate of drug-likeness (QED) is 0.625. The summed E-state index contributed by atoms with van der Waals surface area (Å²) in [6.45, 7) is 1.77. The van der Waals surface area contributed by atoms with E-state index in [4.69, 9.17) is 0 Å². The second-order valence-electron chi connectivity index (χ2n) is 4.28. The molecule has 0 aliphatic carbocycles. The van der Waals surface area contributed by atoms with Gasteiger partial charge in [0.05, 0.1) is 4.92 Å². The maximum absolute atomic E-state index is 13.5. The largest absolute Gasteiger partial charge is 0.269 e. The van der Waals surface area contributed by atoms with E-state index in [9.17, 15) is 18.9 Å². The smallest absolute Gasteiger partial charge is 0.258 e. The minimum atomic E-state index is -0.528. The van der Waals surface area contributed by atoms with Crippen LogP contribution in [0.3, 0.4) is 0 Å². The number of hydrogen-bond acceptors (Lipinski definition) is 2. The second-order valence-corrected chi connectivity index (χ2v) is 4.28. The van der Waals surface area contributed by atoms with Crippen molar-refractivity contribution in [1.82, 2.24) is 0 Å². The van der Waals surface area contributed by atoms with Crippen LogP contribution in [0.25, 0.3) is 0 Å². The Morgan fingerprint density at radius 2 is 1.84 bits per heavy atom. The SMILES string of the molecule is Cc1ccc([N+](=O)[O-])cc1Cc1cc(F)ccc1F. The zero-order chi connectivity index (χ0) is 14.0. The Bertz CT molecular complexity index is 641. The van der Waals surface area contributed by atoms with Crippen molar-refractivity contribution in [2.24, 2.45) is 0 Å². The van der Waals surface area contributed by atoms with Gasteiger partial charge < -0.3 is 0 Å². The van der Waals surface area contributed by atoms with Gasteiger partial charge in [0.2, 0.25) is 0 Å². The minimum Gasteiger partial charge on any atom is -0.258 e. The first-order chi connectivity index (χ1) is 8.97. The molecule has 98 valence electrons. The van der Waals surface area contributed by atoms with Gasteiger partial charge in [-0.05, 0) is 41.8 Å². The lowest BCUT2D eigenvalue weighted by atomic mass is 9.99. The molecule has 0 N–H and O–H groups in total. The number of aryl methyl sites for hydroxylation is 1. The Kier molecular flexibility index (Phi) is 3.55. The lowest BCUT2D eigenvalue weighted by Crippen LogP contribution is -1.98. The molecule has 0 atom stereocenters. The Balaban J connectivity index is 2.40. The summed E-state index contributed by atoms with van der Waals surface area (Å²) in [6.07, 6.45) is 0.122. The Hall–Kier alpha value is -2.30. The van der Waals surface area contributed by atoms with E-state index >= 15 is 0 Å². The standard InChI is InChI=1S/C14H11F2NO2/c1-9-2-4-13(17(18)19)8-10(9)6-11-7-12(15)3-5-14(11)16/h2-5,7-8H,6H2,1H3. The van der Waals surface area contributed by atoms with Gasteiger partial charge in [0.1, 0.15) is 11.6 Å². The first kappa shape index (κ1) is 13.1. The lowest BCUT2D eigenvalue weighted by molar-refractivity contribution is -0.384. The van der Waals surface area contributed by atoms with E-state index < -0.39 is 16.6 Å². The van der Waals surface area contributed by atoms with E-state index in [1.807, 2.05) is 0 Å². The van der Waals surface area contributed by atoms with Crippen LogP contribution in [0.5, 0.6) is 0 Å². The molecule has 0 aliphatic heterocycles. The summed E-state index contributed by atoms with van der Waals surface area (Å²) in [4.78, 5) is 10.2. The van der Waals surface area contributed by atoms with Crippen LogP contribution in [0, 0.1) is 28.7 Å². The fraction of sp³-hybridized carbons (Fsp3) is 0.143. The van der Waals surface area contributed by atoms with Crippen molar-refractivity contribution in [2.45, 2.75) is 13.3 Å². The first-order valence-corrected chi connectivity index (χ1v) is 5.65. The van der Waals surface area contributed by atoms with Gasteiger partial charge in [0, 0.05) is 18.6 Å². The topological polar surface area (TPSA) is 43.1 Å². The molecule has 0 radical (unpaired) electrons. The van der Waals surface area contributed by atoms with Crippen LogP contribution >= 0.6 is 0 Å². The van der Waals surface area contributed by atoms with Gasteiger partial charge in [0.25, 0.3) is 5.69 Å². The average Bonchev–Trinajstić information content (AvgIpc) is 2.36. The van der Waals surface area contributed by atoms with E-state index in [0.717, 1.165) is 23.8 Å². The number of nitro benzene ring substituents is 1. The van der Waals surface area contributed by atoms with Crippen molar-refractivity contribution in [1.29, 1.82) is 0 Å². The van der Waals surface area contributed by atoms with E-state index in [2.05, 4.69) is 0 Å². The third-order valence-corrected chi connectivity index (χ3v) is 2.93. The van der Waals surface area contributed by atoms with Gasteiger partial charge >= 0.3 is 0 Å². The molecular weight excluding hydrogens is 252 g/mol. The van der Waals surface area contributed by atoms with Gasteiger partial charge in [-0.2, -0.15) is 0 Å². The molecule has 0 heterocycles. The molecule has 0 amide bonds. The van der Waals surface area contributed by atoms with Crippen molar-refractivity contribution in [3.05, 3.63) is 74.8 Å². The third kappa shape index (κ3) is 2.93. The highest BCUT2D eigenvalue weighted by molar-refractivity contribution is 5.42. The maximum Gasteiger partial charge on any atom is 0.269 e. The minimum absolute atomic E-state index is 0.0580. The van der Waals surface area contributed by atoms with E-state index in [1.165, 1.54) is 12.1 Å². The monoisotopic (exact) mass is 263 g/mol. The summed E-state index contributed by atoms with van der Waals surface area (Å²) in [5, 5.41) is 10.7. The summed E-state index contributed by atoms with van der Waals surface area (Å²) >= 11 is 0. The van der Waals surface area contributed by atoms with Crippen molar-refractivity contribution >= 4 is 5.69 Å². The number of halogens is 2. The van der Waals surface area contributed by atoms with Crippen LogP contribution < -0.4 is 0 Å². The number of rotatable bonds is 3. The molecule has 2 aromatic carbocycles. The van der Waals surface area contributed by atoms with E-state index in [0.29, 0.717) is 5.56 Å². The molecule has 0 saturated heterocycles. The van der Waals surface area contributed by atoms with Crippen molar-refractivity contribution < 1.29 is 13.7 Å². The molecule has 0 saturated carbocycles. The van der Waals surface area contributed by atoms with Crippen LogP contribution in [0.1, 0.15) is 16.7 Å². The second kappa shape index (κ2) is 5.14. The fourth-order valence-electron chi connectivity index (χ4n) is 1.85. The van der Waals surface area contributed by atoms with Gasteiger partial charge in [-0.1, -0.05) is 6.07 Å². The molecule has 2 rings (SSSR count). The highest BCUT2D eigenvalue weighted by atomic mass is 19.1. The molecule has 2 aromatic rings. The summed E-state index contributed by atoms with van der Waals surface area (Å²) in [5.41, 5.74) is 1.54.